The maximum Gasteiger partial charge on any atom is 0.310 e. The lowest BCUT2D eigenvalue weighted by Gasteiger charge is -2.37. The molecule has 0 radical (unpaired) electrons. The van der Waals surface area contributed by atoms with E-state index >= 15 is 0 Å². The van der Waals surface area contributed by atoms with Crippen LogP contribution in [0.25, 0.3) is 0 Å². The maximum absolute atomic E-state index is 12.1. The number of ether oxygens (including phenoxy) is 1. The van der Waals surface area contributed by atoms with E-state index < -0.39 is 0 Å². The van der Waals surface area contributed by atoms with Gasteiger partial charge in [0.1, 0.15) is 0 Å². The molecule has 1 heterocycles. The van der Waals surface area contributed by atoms with Crippen LogP contribution in [-0.2, 0) is 14.3 Å². The normalized spacial score (nSPS) is 24.2. The standard InChI is InChI=1S/C13H24N2O3/c1-5-14-11-6-10(13(17)18-4)7-15(8-11)12(16)9(2)3/h9-11,14H,5-8H2,1-4H3. The zero-order chi connectivity index (χ0) is 13.7. The first-order valence-corrected chi connectivity index (χ1v) is 6.59. The Morgan fingerprint density at radius 1 is 1.39 bits per heavy atom. The van der Waals surface area contributed by atoms with Crippen molar-refractivity contribution in [2.75, 3.05) is 26.7 Å². The first kappa shape index (κ1) is 15.0. The summed E-state index contributed by atoms with van der Waals surface area (Å²) in [5.74, 6) is -0.371. The molecule has 2 atom stereocenters. The number of carbonyl (C=O) groups excluding carboxylic acids is 2. The van der Waals surface area contributed by atoms with Crippen molar-refractivity contribution in [3.63, 3.8) is 0 Å². The Bertz CT molecular complexity index is 305. The molecule has 104 valence electrons. The summed E-state index contributed by atoms with van der Waals surface area (Å²) in [7, 11) is 1.40. The van der Waals surface area contributed by atoms with Gasteiger partial charge in [-0.05, 0) is 13.0 Å². The van der Waals surface area contributed by atoms with Crippen LogP contribution in [0.15, 0.2) is 0 Å². The molecule has 0 aliphatic carbocycles. The highest BCUT2D eigenvalue weighted by atomic mass is 16.5. The Morgan fingerprint density at radius 3 is 2.56 bits per heavy atom. The molecular formula is C13H24N2O3. The van der Waals surface area contributed by atoms with Crippen molar-refractivity contribution in [3.8, 4) is 0 Å². The predicted molar refractivity (Wildman–Crippen MR) is 69.0 cm³/mol. The molecule has 5 nitrogen and oxygen atoms in total. The van der Waals surface area contributed by atoms with Crippen LogP contribution in [0.2, 0.25) is 0 Å². The van der Waals surface area contributed by atoms with Gasteiger partial charge >= 0.3 is 5.97 Å². The molecule has 5 heteroatoms. The van der Waals surface area contributed by atoms with Gasteiger partial charge in [0.15, 0.2) is 0 Å². The number of nitrogens with zero attached hydrogens (tertiary/aromatic N) is 1. The second kappa shape index (κ2) is 6.73. The highest BCUT2D eigenvalue weighted by Gasteiger charge is 2.34. The van der Waals surface area contributed by atoms with E-state index in [0.717, 1.165) is 13.0 Å². The van der Waals surface area contributed by atoms with Gasteiger partial charge in [-0.2, -0.15) is 0 Å². The third-order valence-electron chi connectivity index (χ3n) is 3.28. The average molecular weight is 256 g/mol. The Labute approximate surface area is 109 Å². The minimum Gasteiger partial charge on any atom is -0.469 e. The fraction of sp³-hybridized carbons (Fsp3) is 0.846. The van der Waals surface area contributed by atoms with Crippen molar-refractivity contribution in [2.45, 2.75) is 33.2 Å². The lowest BCUT2D eigenvalue weighted by Crippen LogP contribution is -2.53. The third-order valence-corrected chi connectivity index (χ3v) is 3.28. The number of likely N-dealkylation sites (tertiary alicyclic amines) is 1. The molecule has 2 unspecified atom stereocenters. The lowest BCUT2D eigenvalue weighted by molar-refractivity contribution is -0.150. The number of amides is 1. The molecule has 1 rings (SSSR count). The summed E-state index contributed by atoms with van der Waals surface area (Å²) in [6.07, 6.45) is 0.738. The summed E-state index contributed by atoms with van der Waals surface area (Å²) in [6.45, 7) is 7.78. The first-order chi connectivity index (χ1) is 8.49. The van der Waals surface area contributed by atoms with E-state index in [2.05, 4.69) is 5.32 Å². The van der Waals surface area contributed by atoms with Crippen LogP contribution in [0.5, 0.6) is 0 Å². The summed E-state index contributed by atoms with van der Waals surface area (Å²) >= 11 is 0. The second-order valence-corrected chi connectivity index (χ2v) is 5.11. The zero-order valence-electron chi connectivity index (χ0n) is 11.7. The molecule has 0 aromatic rings. The molecule has 18 heavy (non-hydrogen) atoms. The van der Waals surface area contributed by atoms with E-state index in [1.165, 1.54) is 7.11 Å². The number of hydrogen-bond donors (Lipinski definition) is 1. The number of rotatable bonds is 4. The van der Waals surface area contributed by atoms with Crippen LogP contribution in [0.4, 0.5) is 0 Å². The lowest BCUT2D eigenvalue weighted by atomic mass is 9.93. The number of likely N-dealkylation sites (N-methyl/N-ethyl adjacent to an activating group) is 1. The molecule has 0 bridgehead atoms. The van der Waals surface area contributed by atoms with E-state index in [-0.39, 0.29) is 29.8 Å². The van der Waals surface area contributed by atoms with Crippen molar-refractivity contribution in [2.24, 2.45) is 11.8 Å². The highest BCUT2D eigenvalue weighted by Crippen LogP contribution is 2.20. The molecular weight excluding hydrogens is 232 g/mol. The fourth-order valence-electron chi connectivity index (χ4n) is 2.42. The Hall–Kier alpha value is -1.10. The zero-order valence-corrected chi connectivity index (χ0v) is 11.7. The van der Waals surface area contributed by atoms with Crippen LogP contribution >= 0.6 is 0 Å². The van der Waals surface area contributed by atoms with Gasteiger partial charge in [-0.3, -0.25) is 9.59 Å². The van der Waals surface area contributed by atoms with Crippen LogP contribution in [-0.4, -0.2) is 49.6 Å². The average Bonchev–Trinajstić information content (AvgIpc) is 2.36. The quantitative estimate of drug-likeness (QED) is 0.750. The Kier molecular flexibility index (Phi) is 5.59. The summed E-state index contributed by atoms with van der Waals surface area (Å²) in [5, 5.41) is 3.32. The predicted octanol–water partition coefficient (Wildman–Crippen LogP) is 0.642. The van der Waals surface area contributed by atoms with Crippen molar-refractivity contribution in [3.05, 3.63) is 0 Å². The summed E-state index contributed by atoms with van der Waals surface area (Å²) < 4.78 is 4.80. The van der Waals surface area contributed by atoms with E-state index in [4.69, 9.17) is 4.74 Å². The largest absolute Gasteiger partial charge is 0.469 e. The van der Waals surface area contributed by atoms with E-state index in [1.54, 1.807) is 4.90 Å². The van der Waals surface area contributed by atoms with Gasteiger partial charge in [-0.25, -0.2) is 0 Å². The van der Waals surface area contributed by atoms with E-state index in [0.29, 0.717) is 13.1 Å². The van der Waals surface area contributed by atoms with Crippen LogP contribution in [0.1, 0.15) is 27.2 Å². The highest BCUT2D eigenvalue weighted by molar-refractivity contribution is 5.80. The molecule has 1 fully saturated rings. The monoisotopic (exact) mass is 256 g/mol. The minimum absolute atomic E-state index is 0.0383. The van der Waals surface area contributed by atoms with Crippen molar-refractivity contribution in [1.82, 2.24) is 10.2 Å². The van der Waals surface area contributed by atoms with Gasteiger partial charge in [0.05, 0.1) is 13.0 Å². The smallest absolute Gasteiger partial charge is 0.310 e. The molecule has 0 aromatic carbocycles. The Balaban J connectivity index is 2.73. The van der Waals surface area contributed by atoms with Gasteiger partial charge in [0.2, 0.25) is 5.91 Å². The molecule has 1 aliphatic heterocycles. The van der Waals surface area contributed by atoms with Gasteiger partial charge in [0.25, 0.3) is 0 Å². The Morgan fingerprint density at radius 2 is 2.06 bits per heavy atom. The van der Waals surface area contributed by atoms with Gasteiger partial charge in [0, 0.05) is 25.0 Å². The number of hydrogen-bond acceptors (Lipinski definition) is 4. The molecule has 1 N–H and O–H groups in total. The van der Waals surface area contributed by atoms with Gasteiger partial charge in [-0.15, -0.1) is 0 Å². The van der Waals surface area contributed by atoms with Crippen molar-refractivity contribution in [1.29, 1.82) is 0 Å². The number of carbonyl (C=O) groups is 2. The van der Waals surface area contributed by atoms with Crippen LogP contribution in [0, 0.1) is 11.8 Å². The molecule has 0 spiro atoms. The number of piperidine rings is 1. The molecule has 1 amide bonds. The van der Waals surface area contributed by atoms with Gasteiger partial charge in [-0.1, -0.05) is 20.8 Å². The summed E-state index contributed by atoms with van der Waals surface area (Å²) in [4.78, 5) is 25.5. The number of esters is 1. The van der Waals surface area contributed by atoms with Crippen LogP contribution < -0.4 is 5.32 Å². The van der Waals surface area contributed by atoms with E-state index in [1.807, 2.05) is 20.8 Å². The number of methoxy groups -OCH3 is 1. The molecule has 1 saturated heterocycles. The maximum atomic E-state index is 12.1. The minimum atomic E-state index is -0.223. The SMILES string of the molecule is CCNC1CC(C(=O)OC)CN(C(=O)C(C)C)C1. The third kappa shape index (κ3) is 3.70. The molecule has 1 aliphatic rings. The fourth-order valence-corrected chi connectivity index (χ4v) is 2.42. The second-order valence-electron chi connectivity index (χ2n) is 5.11. The van der Waals surface area contributed by atoms with Crippen molar-refractivity contribution < 1.29 is 14.3 Å². The number of nitrogens with one attached hydrogen (secondary N) is 1. The van der Waals surface area contributed by atoms with Gasteiger partial charge < -0.3 is 15.0 Å². The summed E-state index contributed by atoms with van der Waals surface area (Å²) in [6, 6.07) is 0.176. The first-order valence-electron chi connectivity index (χ1n) is 6.59. The van der Waals surface area contributed by atoms with Crippen molar-refractivity contribution >= 4 is 11.9 Å². The molecule has 0 saturated carbocycles. The topological polar surface area (TPSA) is 58.6 Å². The molecule has 0 aromatic heterocycles. The van der Waals surface area contributed by atoms with E-state index in [9.17, 15) is 9.59 Å². The summed E-state index contributed by atoms with van der Waals surface area (Å²) in [5.41, 5.74) is 0. The van der Waals surface area contributed by atoms with Crippen LogP contribution in [0.3, 0.4) is 0 Å².